The molecule has 0 bridgehead atoms. The highest BCUT2D eigenvalue weighted by atomic mass is 32.2. The van der Waals surface area contributed by atoms with Gasteiger partial charge in [-0.1, -0.05) is 18.7 Å². The summed E-state index contributed by atoms with van der Waals surface area (Å²) in [7, 11) is 0. The van der Waals surface area contributed by atoms with E-state index in [1.165, 1.54) is 0 Å². The van der Waals surface area contributed by atoms with E-state index in [1.807, 2.05) is 24.3 Å². The normalized spacial score (nSPS) is 11.7. The van der Waals surface area contributed by atoms with Gasteiger partial charge in [-0.2, -0.15) is 0 Å². The van der Waals surface area contributed by atoms with Gasteiger partial charge in [-0.25, -0.2) is 4.21 Å². The molecule has 0 aliphatic carbocycles. The Kier molecular flexibility index (Phi) is 6.24. The van der Waals surface area contributed by atoms with E-state index in [4.69, 9.17) is 4.55 Å². The maximum atomic E-state index is 11.3. The first-order chi connectivity index (χ1) is 8.99. The van der Waals surface area contributed by atoms with Gasteiger partial charge in [-0.15, -0.1) is 0 Å². The average Bonchev–Trinajstić information content (AvgIpc) is 2.37. The van der Waals surface area contributed by atoms with Crippen molar-refractivity contribution in [3.63, 3.8) is 0 Å². The molecule has 104 valence electrons. The van der Waals surface area contributed by atoms with Crippen molar-refractivity contribution in [2.45, 2.75) is 13.5 Å². The number of hydrogen-bond donors (Lipinski definition) is 3. The first-order valence-corrected chi connectivity index (χ1v) is 7.10. The monoisotopic (exact) mass is 282 g/mol. The maximum Gasteiger partial charge on any atom is 0.246 e. The average molecular weight is 282 g/mol. The molecular formula is C13H18N2O3S. The molecular weight excluding hydrogens is 264 g/mol. The van der Waals surface area contributed by atoms with E-state index in [0.29, 0.717) is 18.7 Å². The summed E-state index contributed by atoms with van der Waals surface area (Å²) in [5.74, 6) is 0.0313. The fourth-order valence-electron chi connectivity index (χ4n) is 1.36. The van der Waals surface area contributed by atoms with E-state index < -0.39 is 11.1 Å². The van der Waals surface area contributed by atoms with Crippen LogP contribution in [0.5, 0.6) is 0 Å². The van der Waals surface area contributed by atoms with Gasteiger partial charge in [-0.3, -0.25) is 4.79 Å². The molecule has 1 atom stereocenters. The first kappa shape index (κ1) is 15.4. The smallest absolute Gasteiger partial charge is 0.246 e. The van der Waals surface area contributed by atoms with Gasteiger partial charge in [0.25, 0.3) is 0 Å². The van der Waals surface area contributed by atoms with Crippen LogP contribution >= 0.6 is 0 Å². The zero-order chi connectivity index (χ0) is 14.3. The van der Waals surface area contributed by atoms with Crippen LogP contribution in [0.2, 0.25) is 0 Å². The van der Waals surface area contributed by atoms with Crippen LogP contribution in [0.3, 0.4) is 0 Å². The minimum Gasteiger partial charge on any atom is -0.384 e. The number of nitrogens with one attached hydrogen (secondary N) is 2. The molecule has 0 radical (unpaired) electrons. The number of anilines is 1. The largest absolute Gasteiger partial charge is 0.384 e. The van der Waals surface area contributed by atoms with Crippen molar-refractivity contribution in [1.29, 1.82) is 0 Å². The van der Waals surface area contributed by atoms with E-state index in [2.05, 4.69) is 17.2 Å². The number of rotatable bonds is 7. The van der Waals surface area contributed by atoms with E-state index >= 15 is 0 Å². The molecule has 19 heavy (non-hydrogen) atoms. The molecule has 1 aromatic carbocycles. The lowest BCUT2D eigenvalue weighted by Gasteiger charge is -2.07. The Labute approximate surface area is 115 Å². The lowest BCUT2D eigenvalue weighted by molar-refractivity contribution is -0.117. The molecule has 1 rings (SSSR count). The van der Waals surface area contributed by atoms with E-state index in [1.54, 1.807) is 6.92 Å². The summed E-state index contributed by atoms with van der Waals surface area (Å²) < 4.78 is 19.1. The van der Waals surface area contributed by atoms with E-state index in [-0.39, 0.29) is 11.7 Å². The zero-order valence-electron chi connectivity index (χ0n) is 10.8. The fraction of sp³-hybridized carbons (Fsp3) is 0.308. The third-order valence-corrected chi connectivity index (χ3v) is 2.95. The van der Waals surface area contributed by atoms with Gasteiger partial charge < -0.3 is 15.2 Å². The Balaban J connectivity index is 2.41. The molecule has 0 aromatic heterocycles. The Morgan fingerprint density at radius 3 is 2.53 bits per heavy atom. The van der Waals surface area contributed by atoms with Crippen LogP contribution in [0.1, 0.15) is 12.5 Å². The molecule has 5 nitrogen and oxygen atoms in total. The number of carbonyl (C=O) groups is 1. The third kappa shape index (κ3) is 6.17. The summed E-state index contributed by atoms with van der Waals surface area (Å²) in [5, 5.41) is 5.78. The highest BCUT2D eigenvalue weighted by molar-refractivity contribution is 7.79. The Morgan fingerprint density at radius 2 is 2.00 bits per heavy atom. The molecule has 1 amide bonds. The summed E-state index contributed by atoms with van der Waals surface area (Å²) >= 11 is -1.77. The molecule has 1 unspecified atom stereocenters. The lowest BCUT2D eigenvalue weighted by Crippen LogP contribution is -2.22. The Bertz CT molecular complexity index is 471. The summed E-state index contributed by atoms with van der Waals surface area (Å²) in [6.07, 6.45) is 0. The van der Waals surface area contributed by atoms with Crippen molar-refractivity contribution in [3.05, 3.63) is 42.0 Å². The molecule has 0 saturated heterocycles. The molecule has 0 heterocycles. The van der Waals surface area contributed by atoms with Crippen LogP contribution in [-0.4, -0.2) is 27.0 Å². The third-order valence-electron chi connectivity index (χ3n) is 2.40. The molecule has 0 aliphatic rings. The second kappa shape index (κ2) is 7.70. The minimum atomic E-state index is -1.77. The fourth-order valence-corrected chi connectivity index (χ4v) is 1.63. The second-order valence-corrected chi connectivity index (χ2v) is 5.16. The van der Waals surface area contributed by atoms with Crippen molar-refractivity contribution in [2.75, 3.05) is 17.6 Å². The number of hydrogen-bond acceptors (Lipinski definition) is 3. The van der Waals surface area contributed by atoms with Crippen LogP contribution < -0.4 is 10.6 Å². The predicted molar refractivity (Wildman–Crippen MR) is 77.2 cm³/mol. The summed E-state index contributed by atoms with van der Waals surface area (Å²) in [6, 6.07) is 7.50. The van der Waals surface area contributed by atoms with Crippen molar-refractivity contribution in [3.8, 4) is 0 Å². The van der Waals surface area contributed by atoms with Gasteiger partial charge in [-0.05, 0) is 24.6 Å². The summed E-state index contributed by atoms with van der Waals surface area (Å²) in [6.45, 7) is 6.11. The van der Waals surface area contributed by atoms with Crippen molar-refractivity contribution in [1.82, 2.24) is 5.32 Å². The van der Waals surface area contributed by atoms with Crippen LogP contribution in [0, 0.1) is 0 Å². The Hall–Kier alpha value is -1.66. The highest BCUT2D eigenvalue weighted by Crippen LogP contribution is 2.09. The van der Waals surface area contributed by atoms with Gasteiger partial charge in [0.15, 0.2) is 11.1 Å². The molecule has 1 aromatic rings. The van der Waals surface area contributed by atoms with Gasteiger partial charge >= 0.3 is 0 Å². The van der Waals surface area contributed by atoms with Gasteiger partial charge in [0.05, 0.1) is 5.75 Å². The van der Waals surface area contributed by atoms with E-state index in [9.17, 15) is 9.00 Å². The van der Waals surface area contributed by atoms with Gasteiger partial charge in [0.2, 0.25) is 5.91 Å². The lowest BCUT2D eigenvalue weighted by atomic mass is 10.2. The number of amides is 1. The molecule has 0 fully saturated rings. The second-order valence-electron chi connectivity index (χ2n) is 4.11. The molecule has 0 saturated carbocycles. The number of carbonyl (C=O) groups excluding carboxylic acids is 1. The van der Waals surface area contributed by atoms with Crippen molar-refractivity contribution < 1.29 is 13.6 Å². The highest BCUT2D eigenvalue weighted by Gasteiger charge is 2.01. The van der Waals surface area contributed by atoms with Gasteiger partial charge in [0, 0.05) is 24.4 Å². The van der Waals surface area contributed by atoms with Crippen LogP contribution in [0.15, 0.2) is 36.4 Å². The topological polar surface area (TPSA) is 78.4 Å². The predicted octanol–water partition coefficient (Wildman–Crippen LogP) is 1.51. The minimum absolute atomic E-state index is 0.160. The van der Waals surface area contributed by atoms with Crippen molar-refractivity contribution >= 4 is 22.7 Å². The van der Waals surface area contributed by atoms with Crippen LogP contribution in [0.4, 0.5) is 5.69 Å². The molecule has 0 spiro atoms. The molecule has 3 N–H and O–H groups in total. The quantitative estimate of drug-likeness (QED) is 0.523. The summed E-state index contributed by atoms with van der Waals surface area (Å²) in [5.41, 5.74) is 2.33. The van der Waals surface area contributed by atoms with Crippen molar-refractivity contribution in [2.24, 2.45) is 0 Å². The standard InChI is InChI=1S/C13H18N2O3S/c1-10(2)13(16)15-9-11-3-5-12(6-4-11)14-7-8-19(17)18/h3-6,14H,1,7-9H2,2H3,(H,15,16)(H,17,18). The Morgan fingerprint density at radius 1 is 1.37 bits per heavy atom. The number of benzene rings is 1. The van der Waals surface area contributed by atoms with Crippen LogP contribution in [-0.2, 0) is 22.4 Å². The zero-order valence-corrected chi connectivity index (χ0v) is 11.6. The SMILES string of the molecule is C=C(C)C(=O)NCc1ccc(NCCS(=O)O)cc1. The van der Waals surface area contributed by atoms with Crippen LogP contribution in [0.25, 0.3) is 0 Å². The molecule has 0 aliphatic heterocycles. The van der Waals surface area contributed by atoms with E-state index in [0.717, 1.165) is 11.3 Å². The molecule has 6 heteroatoms. The maximum absolute atomic E-state index is 11.3. The first-order valence-electron chi connectivity index (χ1n) is 5.83. The van der Waals surface area contributed by atoms with Gasteiger partial charge in [0.1, 0.15) is 0 Å². The summed E-state index contributed by atoms with van der Waals surface area (Å²) in [4.78, 5) is 11.3.